The van der Waals surface area contributed by atoms with Gasteiger partial charge in [-0.15, -0.1) is 0 Å². The summed E-state index contributed by atoms with van der Waals surface area (Å²) in [4.78, 5) is 10.3. The summed E-state index contributed by atoms with van der Waals surface area (Å²) < 4.78 is 55.6. The zero-order valence-corrected chi connectivity index (χ0v) is 33.8. The average Bonchev–Trinajstić information content (AvgIpc) is 3.30. The number of hydrogen-bond acceptors (Lipinski definition) is 28. The third-order valence-electron chi connectivity index (χ3n) is 11.6. The van der Waals surface area contributed by atoms with Gasteiger partial charge in [0.2, 0.25) is 6.29 Å². The highest BCUT2D eigenvalue weighted by Crippen LogP contribution is 2.36. The van der Waals surface area contributed by atoms with E-state index in [1.54, 1.807) is 0 Å². The second-order valence-corrected chi connectivity index (χ2v) is 15.8. The van der Waals surface area contributed by atoms with E-state index < -0.39 is 191 Å². The van der Waals surface area contributed by atoms with E-state index in [1.165, 1.54) is 12.1 Å². The minimum atomic E-state index is -2.15. The molecule has 16 N–H and O–H groups in total. The first kappa shape index (κ1) is 51.8. The number of nitro groups is 1. The monoisotopic (exact) mass is 949 g/mol. The molecule has 5 saturated heterocycles. The highest BCUT2D eigenvalue weighted by atomic mass is 16.8. The number of ether oxygens (including phenoxy) is 10. The van der Waals surface area contributed by atoms with Crippen molar-refractivity contribution in [1.82, 2.24) is 0 Å². The summed E-state index contributed by atoms with van der Waals surface area (Å²) in [7, 11) is 0. The van der Waals surface area contributed by atoms with Crippen LogP contribution >= 0.6 is 0 Å². The van der Waals surface area contributed by atoms with Crippen LogP contribution in [0.1, 0.15) is 0 Å². The van der Waals surface area contributed by atoms with Crippen LogP contribution in [-0.4, -0.2) is 273 Å². The molecular formula is C36H55NO28. The lowest BCUT2D eigenvalue weighted by Gasteiger charge is -2.49. The van der Waals surface area contributed by atoms with E-state index >= 15 is 0 Å². The zero-order valence-electron chi connectivity index (χ0n) is 33.8. The number of aliphatic hydroxyl groups is 16. The molecule has 65 heavy (non-hydrogen) atoms. The summed E-state index contributed by atoms with van der Waals surface area (Å²) >= 11 is 0. The highest BCUT2D eigenvalue weighted by molar-refractivity contribution is 5.36. The Balaban J connectivity index is 1.07. The van der Waals surface area contributed by atoms with Crippen LogP contribution in [0.2, 0.25) is 0 Å². The van der Waals surface area contributed by atoms with Gasteiger partial charge in [0, 0.05) is 12.1 Å². The lowest BCUT2D eigenvalue weighted by Crippen LogP contribution is -2.68. The van der Waals surface area contributed by atoms with Crippen LogP contribution in [0.3, 0.4) is 0 Å². The predicted octanol–water partition coefficient (Wildman–Crippen LogP) is -9.93. The van der Waals surface area contributed by atoms with Gasteiger partial charge >= 0.3 is 0 Å². The first-order chi connectivity index (χ1) is 30.9. The van der Waals surface area contributed by atoms with Crippen LogP contribution in [0.25, 0.3) is 0 Å². The molecule has 6 rings (SSSR count). The Morgan fingerprint density at radius 2 is 0.677 bits per heavy atom. The number of benzene rings is 1. The minimum Gasteiger partial charge on any atom is -0.462 e. The largest absolute Gasteiger partial charge is 0.462 e. The maximum absolute atomic E-state index is 11.2. The molecular weight excluding hydrogens is 894 g/mol. The number of non-ortho nitro benzene ring substituents is 1. The Bertz CT molecular complexity index is 1640. The van der Waals surface area contributed by atoms with E-state index in [1.807, 2.05) is 0 Å². The van der Waals surface area contributed by atoms with Crippen LogP contribution in [0, 0.1) is 10.1 Å². The lowest BCUT2D eigenvalue weighted by molar-refractivity contribution is -0.392. The molecule has 0 bridgehead atoms. The Labute approximate surface area is 366 Å². The van der Waals surface area contributed by atoms with Gasteiger partial charge in [-0.25, -0.2) is 0 Å². The van der Waals surface area contributed by atoms with E-state index in [-0.39, 0.29) is 11.4 Å². The molecule has 5 aliphatic heterocycles. The predicted molar refractivity (Wildman–Crippen MR) is 198 cm³/mol. The van der Waals surface area contributed by atoms with Gasteiger partial charge in [-0.05, 0) is 12.1 Å². The molecule has 25 atom stereocenters. The Morgan fingerprint density at radius 1 is 0.400 bits per heavy atom. The fourth-order valence-electron chi connectivity index (χ4n) is 7.90. The van der Waals surface area contributed by atoms with Gasteiger partial charge in [-0.1, -0.05) is 0 Å². The molecule has 5 fully saturated rings. The smallest absolute Gasteiger partial charge is 0.269 e. The molecule has 0 aromatic heterocycles. The molecule has 1 aromatic rings. The van der Waals surface area contributed by atoms with E-state index in [0.29, 0.717) is 0 Å². The van der Waals surface area contributed by atoms with E-state index in [0.717, 1.165) is 12.1 Å². The molecule has 29 heteroatoms. The summed E-state index contributed by atoms with van der Waals surface area (Å²) in [6, 6.07) is 4.59. The quantitative estimate of drug-likeness (QED) is 0.0540. The maximum Gasteiger partial charge on any atom is 0.269 e. The standard InChI is InChI=1S/C36H55NO28/c38-5-12-17(43)18(44)23(49)33(57-12)62-29-14(7-40)59-35(25(51)20(29)46)64-31-16(9-42)61-36(27(53)22(31)48)65-30-15(8-41)60-34(26(52)21(30)47)63-28-13(6-39)58-32(24(50)19(28)45)56-11-3-1-10(2-4-11)37(54)55/h1-4,12-36,38-53H,5-9H2/t12-,13+,14-,15-,16-,17-,18-,19+,20-,21-,22-,23+,24+,25+,26+,27+,28+,29-,30-,31-,32+,33+,34+,35+,36+/m1/s1. The number of hydrogen-bond donors (Lipinski definition) is 16. The van der Waals surface area contributed by atoms with E-state index in [9.17, 15) is 91.8 Å². The van der Waals surface area contributed by atoms with Crippen molar-refractivity contribution in [1.29, 1.82) is 0 Å². The Kier molecular flexibility index (Phi) is 17.7. The molecule has 0 amide bonds. The summed E-state index contributed by atoms with van der Waals surface area (Å²) in [5.74, 6) is -0.0196. The summed E-state index contributed by atoms with van der Waals surface area (Å²) in [6.45, 7) is -4.63. The summed E-state index contributed by atoms with van der Waals surface area (Å²) in [5.41, 5.74) is -0.267. The van der Waals surface area contributed by atoms with Crippen molar-refractivity contribution in [2.75, 3.05) is 33.0 Å². The Hall–Kier alpha value is -2.58. The van der Waals surface area contributed by atoms with Crippen molar-refractivity contribution in [3.05, 3.63) is 34.4 Å². The van der Waals surface area contributed by atoms with Gasteiger partial charge in [0.25, 0.3) is 5.69 Å². The van der Waals surface area contributed by atoms with Gasteiger partial charge in [0.15, 0.2) is 25.2 Å². The zero-order chi connectivity index (χ0) is 47.6. The minimum absolute atomic E-state index is 0.0196. The average molecular weight is 950 g/mol. The molecule has 5 heterocycles. The van der Waals surface area contributed by atoms with Gasteiger partial charge in [0.1, 0.15) is 128 Å². The van der Waals surface area contributed by atoms with Gasteiger partial charge < -0.3 is 129 Å². The molecule has 372 valence electrons. The van der Waals surface area contributed by atoms with E-state index in [4.69, 9.17) is 47.4 Å². The lowest BCUT2D eigenvalue weighted by atomic mass is 9.95. The third-order valence-corrected chi connectivity index (χ3v) is 11.6. The van der Waals surface area contributed by atoms with Crippen molar-refractivity contribution in [3.8, 4) is 5.75 Å². The molecule has 5 aliphatic rings. The fourth-order valence-corrected chi connectivity index (χ4v) is 7.90. The SMILES string of the molecule is O=[N+]([O-])c1ccc(O[C@H]2O[C@@H](CO)[C@H](O[C@@H]3O[C@H](CO)[C@@H](O[C@@H]4O[C@H](CO)[C@@H](O[C@@H]5O[C@H](CO)[C@@H](O[C@@H]6O[C@H](CO)[C@@H](O)[C@@H](O)[C@@H]6O)[C@H](O)[C@@H]5O)[C@H](O)[C@@H]4O)[C@H](O)[C@@H]3O)[C@@H](O)[C@@H]2O)cc1. The van der Waals surface area contributed by atoms with E-state index in [2.05, 4.69) is 0 Å². The van der Waals surface area contributed by atoms with Crippen molar-refractivity contribution in [3.63, 3.8) is 0 Å². The molecule has 0 radical (unpaired) electrons. The van der Waals surface area contributed by atoms with Crippen LogP contribution < -0.4 is 4.74 Å². The van der Waals surface area contributed by atoms with Crippen LogP contribution in [-0.2, 0) is 42.6 Å². The van der Waals surface area contributed by atoms with Crippen molar-refractivity contribution < 1.29 is 134 Å². The normalized spacial score (nSPS) is 47.3. The third kappa shape index (κ3) is 10.8. The van der Waals surface area contributed by atoms with Crippen molar-refractivity contribution >= 4 is 5.69 Å². The molecule has 0 unspecified atom stereocenters. The first-order valence-electron chi connectivity index (χ1n) is 20.2. The second kappa shape index (κ2) is 22.2. The second-order valence-electron chi connectivity index (χ2n) is 15.8. The number of nitrogens with zero attached hydrogens (tertiary/aromatic N) is 1. The van der Waals surface area contributed by atoms with Gasteiger partial charge in [-0.3, -0.25) is 10.1 Å². The van der Waals surface area contributed by atoms with Crippen LogP contribution in [0.15, 0.2) is 24.3 Å². The Morgan fingerprint density at radius 3 is 0.985 bits per heavy atom. The summed E-state index contributed by atoms with van der Waals surface area (Å²) in [6.07, 6.45) is -46.2. The first-order valence-corrected chi connectivity index (χ1v) is 20.2. The van der Waals surface area contributed by atoms with Crippen LogP contribution in [0.5, 0.6) is 5.75 Å². The number of aliphatic hydroxyl groups excluding tert-OH is 16. The van der Waals surface area contributed by atoms with Crippen molar-refractivity contribution in [2.24, 2.45) is 0 Å². The number of rotatable bonds is 16. The van der Waals surface area contributed by atoms with Crippen molar-refractivity contribution in [2.45, 2.75) is 154 Å². The molecule has 0 saturated carbocycles. The molecule has 29 nitrogen and oxygen atoms in total. The van der Waals surface area contributed by atoms with Crippen LogP contribution in [0.4, 0.5) is 5.69 Å². The maximum atomic E-state index is 11.2. The van der Waals surface area contributed by atoms with Gasteiger partial charge in [0.05, 0.1) is 38.0 Å². The molecule has 0 aliphatic carbocycles. The number of nitro benzene ring substituents is 1. The topological polar surface area (TPSA) is 459 Å². The van der Waals surface area contributed by atoms with Gasteiger partial charge in [-0.2, -0.15) is 0 Å². The molecule has 1 aromatic carbocycles. The molecule has 0 spiro atoms. The summed E-state index contributed by atoms with van der Waals surface area (Å²) in [5, 5.41) is 180. The fraction of sp³-hybridized carbons (Fsp3) is 0.833. The highest BCUT2D eigenvalue weighted by Gasteiger charge is 2.56.